The molecule has 1 unspecified atom stereocenters. The van der Waals surface area contributed by atoms with Crippen molar-refractivity contribution in [1.82, 2.24) is 10.3 Å². The van der Waals surface area contributed by atoms with Crippen molar-refractivity contribution in [3.63, 3.8) is 0 Å². The Bertz CT molecular complexity index is 500. The van der Waals surface area contributed by atoms with Gasteiger partial charge in [0.2, 0.25) is 0 Å². The number of thiazole rings is 1. The number of halogens is 2. The van der Waals surface area contributed by atoms with Crippen LogP contribution in [0.4, 0.5) is 8.78 Å². The lowest BCUT2D eigenvalue weighted by atomic mass is 10.1. The number of nitrogens with one attached hydrogen (secondary N) is 1. The van der Waals surface area contributed by atoms with Crippen molar-refractivity contribution in [2.24, 2.45) is 0 Å². The summed E-state index contributed by atoms with van der Waals surface area (Å²) in [4.78, 5) is 4.24. The van der Waals surface area contributed by atoms with Gasteiger partial charge in [-0.1, -0.05) is 13.0 Å². The Hall–Kier alpha value is -1.33. The fraction of sp³-hybridized carbons (Fsp3) is 0.308. The van der Waals surface area contributed by atoms with Crippen molar-refractivity contribution in [3.8, 4) is 0 Å². The standard InChI is InChI=1S/C13H14F2N2S/c1-2-5-16-12(13-17-6-7-18-13)9-3-4-10(14)11(15)8-9/h3-4,6-8,12,16H,2,5H2,1H3. The van der Waals surface area contributed by atoms with Gasteiger partial charge in [-0.15, -0.1) is 11.3 Å². The third-order valence-corrected chi connectivity index (χ3v) is 3.41. The van der Waals surface area contributed by atoms with Crippen molar-refractivity contribution < 1.29 is 8.78 Å². The van der Waals surface area contributed by atoms with Crippen LogP contribution in [-0.2, 0) is 0 Å². The van der Waals surface area contributed by atoms with Crippen LogP contribution in [-0.4, -0.2) is 11.5 Å². The number of aromatic nitrogens is 1. The van der Waals surface area contributed by atoms with E-state index in [4.69, 9.17) is 0 Å². The first-order valence-corrected chi connectivity index (χ1v) is 6.68. The molecule has 1 N–H and O–H groups in total. The molecule has 2 rings (SSSR count). The molecule has 1 aromatic carbocycles. The van der Waals surface area contributed by atoms with E-state index in [9.17, 15) is 8.78 Å². The Labute approximate surface area is 109 Å². The highest BCUT2D eigenvalue weighted by Crippen LogP contribution is 2.25. The normalized spacial score (nSPS) is 12.6. The summed E-state index contributed by atoms with van der Waals surface area (Å²) in [5.74, 6) is -1.65. The third kappa shape index (κ3) is 2.91. The second-order valence-corrected chi connectivity index (χ2v) is 4.86. The van der Waals surface area contributed by atoms with Crippen LogP contribution in [0.5, 0.6) is 0 Å². The SMILES string of the molecule is CCCNC(c1ccc(F)c(F)c1)c1nccs1. The maximum Gasteiger partial charge on any atom is 0.159 e. The molecule has 1 aromatic heterocycles. The Morgan fingerprint density at radius 1 is 1.33 bits per heavy atom. The zero-order valence-electron chi connectivity index (χ0n) is 9.99. The molecule has 0 aliphatic heterocycles. The first-order valence-electron chi connectivity index (χ1n) is 5.80. The molecule has 2 nitrogen and oxygen atoms in total. The van der Waals surface area contributed by atoms with Gasteiger partial charge in [-0.25, -0.2) is 13.8 Å². The summed E-state index contributed by atoms with van der Waals surface area (Å²) in [6, 6.07) is 3.79. The molecule has 1 atom stereocenters. The third-order valence-electron chi connectivity index (χ3n) is 2.57. The zero-order valence-corrected chi connectivity index (χ0v) is 10.8. The molecule has 0 bridgehead atoms. The molecule has 18 heavy (non-hydrogen) atoms. The van der Waals surface area contributed by atoms with Gasteiger partial charge in [0, 0.05) is 11.6 Å². The quantitative estimate of drug-likeness (QED) is 0.897. The van der Waals surface area contributed by atoms with E-state index >= 15 is 0 Å². The second kappa shape index (κ2) is 6.02. The molecule has 0 saturated carbocycles. The molecule has 0 fully saturated rings. The Kier molecular flexibility index (Phi) is 4.38. The minimum atomic E-state index is -0.827. The molecule has 96 valence electrons. The highest BCUT2D eigenvalue weighted by molar-refractivity contribution is 7.09. The van der Waals surface area contributed by atoms with Crippen LogP contribution >= 0.6 is 11.3 Å². The molecular weight excluding hydrogens is 254 g/mol. The average molecular weight is 268 g/mol. The Balaban J connectivity index is 2.30. The van der Waals surface area contributed by atoms with Crippen LogP contribution in [0.25, 0.3) is 0 Å². The predicted octanol–water partition coefficient (Wildman–Crippen LogP) is 3.51. The maximum atomic E-state index is 13.3. The monoisotopic (exact) mass is 268 g/mol. The van der Waals surface area contributed by atoms with Crippen molar-refractivity contribution in [2.45, 2.75) is 19.4 Å². The molecule has 0 saturated heterocycles. The minimum Gasteiger partial charge on any atom is -0.304 e. The van der Waals surface area contributed by atoms with Gasteiger partial charge in [-0.05, 0) is 30.7 Å². The van der Waals surface area contributed by atoms with E-state index in [0.717, 1.165) is 24.0 Å². The van der Waals surface area contributed by atoms with Crippen LogP contribution in [0, 0.1) is 11.6 Å². The predicted molar refractivity (Wildman–Crippen MR) is 68.6 cm³/mol. The molecular formula is C13H14F2N2S. The number of rotatable bonds is 5. The van der Waals surface area contributed by atoms with E-state index in [1.807, 2.05) is 5.38 Å². The van der Waals surface area contributed by atoms with Crippen LogP contribution < -0.4 is 5.32 Å². The summed E-state index contributed by atoms with van der Waals surface area (Å²) < 4.78 is 26.2. The van der Waals surface area contributed by atoms with Gasteiger partial charge >= 0.3 is 0 Å². The lowest BCUT2D eigenvalue weighted by Gasteiger charge is -2.16. The molecule has 2 aromatic rings. The topological polar surface area (TPSA) is 24.9 Å². The second-order valence-electron chi connectivity index (χ2n) is 3.93. The van der Waals surface area contributed by atoms with Crippen LogP contribution in [0.2, 0.25) is 0 Å². The number of nitrogens with zero attached hydrogens (tertiary/aromatic N) is 1. The van der Waals surface area contributed by atoms with E-state index in [2.05, 4.69) is 17.2 Å². The van der Waals surface area contributed by atoms with Crippen molar-refractivity contribution >= 4 is 11.3 Å². The summed E-state index contributed by atoms with van der Waals surface area (Å²) in [6.45, 7) is 2.85. The van der Waals surface area contributed by atoms with Gasteiger partial charge in [-0.2, -0.15) is 0 Å². The summed E-state index contributed by atoms with van der Waals surface area (Å²) in [5, 5.41) is 6.02. The van der Waals surface area contributed by atoms with Crippen molar-refractivity contribution in [1.29, 1.82) is 0 Å². The Morgan fingerprint density at radius 3 is 2.78 bits per heavy atom. The highest BCUT2D eigenvalue weighted by Gasteiger charge is 2.17. The summed E-state index contributed by atoms with van der Waals surface area (Å²) in [6.07, 6.45) is 2.67. The van der Waals surface area contributed by atoms with E-state index in [1.165, 1.54) is 17.4 Å². The van der Waals surface area contributed by atoms with E-state index in [0.29, 0.717) is 5.56 Å². The molecule has 0 spiro atoms. The number of hydrogen-bond acceptors (Lipinski definition) is 3. The first kappa shape index (κ1) is 13.1. The van der Waals surface area contributed by atoms with Gasteiger partial charge in [0.1, 0.15) is 5.01 Å². The Morgan fingerprint density at radius 2 is 2.17 bits per heavy atom. The van der Waals surface area contributed by atoms with Gasteiger partial charge in [-0.3, -0.25) is 0 Å². The molecule has 0 radical (unpaired) electrons. The summed E-state index contributed by atoms with van der Waals surface area (Å²) in [5.41, 5.74) is 0.692. The zero-order chi connectivity index (χ0) is 13.0. The molecule has 1 heterocycles. The van der Waals surface area contributed by atoms with Crippen LogP contribution in [0.15, 0.2) is 29.8 Å². The summed E-state index contributed by atoms with van der Waals surface area (Å²) in [7, 11) is 0. The highest BCUT2D eigenvalue weighted by atomic mass is 32.1. The van der Waals surface area contributed by atoms with E-state index in [1.54, 1.807) is 12.3 Å². The minimum absolute atomic E-state index is 0.181. The molecule has 0 aliphatic rings. The largest absolute Gasteiger partial charge is 0.304 e. The number of hydrogen-bond donors (Lipinski definition) is 1. The van der Waals surface area contributed by atoms with Gasteiger partial charge < -0.3 is 5.32 Å². The fourth-order valence-electron chi connectivity index (χ4n) is 1.71. The molecule has 5 heteroatoms. The van der Waals surface area contributed by atoms with Crippen molar-refractivity contribution in [3.05, 3.63) is 52.0 Å². The van der Waals surface area contributed by atoms with E-state index < -0.39 is 11.6 Å². The number of benzene rings is 1. The van der Waals surface area contributed by atoms with E-state index in [-0.39, 0.29) is 6.04 Å². The van der Waals surface area contributed by atoms with Crippen LogP contribution in [0.3, 0.4) is 0 Å². The van der Waals surface area contributed by atoms with Crippen LogP contribution in [0.1, 0.15) is 30.0 Å². The summed E-state index contributed by atoms with van der Waals surface area (Å²) >= 11 is 1.50. The smallest absolute Gasteiger partial charge is 0.159 e. The lowest BCUT2D eigenvalue weighted by molar-refractivity contribution is 0.503. The van der Waals surface area contributed by atoms with Gasteiger partial charge in [0.15, 0.2) is 11.6 Å². The van der Waals surface area contributed by atoms with Gasteiger partial charge in [0.05, 0.1) is 6.04 Å². The molecule has 0 aliphatic carbocycles. The molecule has 0 amide bonds. The fourth-order valence-corrected chi connectivity index (χ4v) is 2.44. The van der Waals surface area contributed by atoms with Crippen molar-refractivity contribution in [2.75, 3.05) is 6.54 Å². The lowest BCUT2D eigenvalue weighted by Crippen LogP contribution is -2.23. The van der Waals surface area contributed by atoms with Gasteiger partial charge in [0.25, 0.3) is 0 Å². The maximum absolute atomic E-state index is 13.3. The average Bonchev–Trinajstić information content (AvgIpc) is 2.88. The first-order chi connectivity index (χ1) is 8.72.